The predicted octanol–water partition coefficient (Wildman–Crippen LogP) is 4.24. The second-order valence-electron chi connectivity index (χ2n) is 5.06. The Morgan fingerprint density at radius 2 is 1.52 bits per heavy atom. The van der Waals surface area contributed by atoms with Crippen molar-refractivity contribution in [1.29, 1.82) is 0 Å². The average molecular weight is 336 g/mol. The van der Waals surface area contributed by atoms with Gasteiger partial charge in [0.15, 0.2) is 11.5 Å². The van der Waals surface area contributed by atoms with Crippen LogP contribution in [0.1, 0.15) is 25.0 Å². The van der Waals surface area contributed by atoms with Crippen molar-refractivity contribution in [1.82, 2.24) is 5.32 Å². The van der Waals surface area contributed by atoms with Crippen LogP contribution in [-0.2, 0) is 13.0 Å². The highest BCUT2D eigenvalue weighted by atomic mass is 35.5. The molecule has 0 aliphatic rings. The topological polar surface area (TPSA) is 30.5 Å². The molecule has 0 saturated heterocycles. The van der Waals surface area contributed by atoms with Crippen molar-refractivity contribution >= 4 is 12.4 Å². The van der Waals surface area contributed by atoms with Gasteiger partial charge in [0.05, 0.1) is 13.2 Å². The van der Waals surface area contributed by atoms with Gasteiger partial charge >= 0.3 is 0 Å². The zero-order valence-corrected chi connectivity index (χ0v) is 14.7. The summed E-state index contributed by atoms with van der Waals surface area (Å²) in [6, 6.07) is 16.7. The van der Waals surface area contributed by atoms with Gasteiger partial charge in [-0.05, 0) is 50.1 Å². The number of halogens is 1. The smallest absolute Gasteiger partial charge is 0.161 e. The van der Waals surface area contributed by atoms with Gasteiger partial charge in [-0.1, -0.05) is 36.4 Å². The molecule has 0 radical (unpaired) electrons. The summed E-state index contributed by atoms with van der Waals surface area (Å²) >= 11 is 0. The summed E-state index contributed by atoms with van der Waals surface area (Å²) < 4.78 is 11.2. The lowest BCUT2D eigenvalue weighted by Crippen LogP contribution is -2.16. The minimum absolute atomic E-state index is 0. The Kier molecular flexibility index (Phi) is 9.18. The summed E-state index contributed by atoms with van der Waals surface area (Å²) in [5, 5.41) is 3.47. The summed E-state index contributed by atoms with van der Waals surface area (Å²) in [6.45, 7) is 7.05. The lowest BCUT2D eigenvalue weighted by Gasteiger charge is -2.13. The first-order valence-corrected chi connectivity index (χ1v) is 7.96. The summed E-state index contributed by atoms with van der Waals surface area (Å²) in [4.78, 5) is 0. The zero-order valence-electron chi connectivity index (χ0n) is 13.9. The molecule has 126 valence electrons. The molecule has 0 aromatic heterocycles. The van der Waals surface area contributed by atoms with Crippen LogP contribution >= 0.6 is 12.4 Å². The van der Waals surface area contributed by atoms with Crippen LogP contribution in [-0.4, -0.2) is 19.8 Å². The normalized spacial score (nSPS) is 10.0. The quantitative estimate of drug-likeness (QED) is 0.695. The van der Waals surface area contributed by atoms with Gasteiger partial charge in [-0.15, -0.1) is 12.4 Å². The molecular formula is C19H26ClNO2. The molecule has 2 rings (SSSR count). The zero-order chi connectivity index (χ0) is 15.6. The molecule has 0 saturated carbocycles. The van der Waals surface area contributed by atoms with Crippen LogP contribution in [0.3, 0.4) is 0 Å². The summed E-state index contributed by atoms with van der Waals surface area (Å²) in [6.07, 6.45) is 1.04. The highest BCUT2D eigenvalue weighted by Gasteiger charge is 2.05. The van der Waals surface area contributed by atoms with Crippen molar-refractivity contribution < 1.29 is 9.47 Å². The summed E-state index contributed by atoms with van der Waals surface area (Å²) in [5.74, 6) is 1.64. The number of hydrogen-bond donors (Lipinski definition) is 1. The number of ether oxygens (including phenoxy) is 2. The number of rotatable bonds is 9. The van der Waals surface area contributed by atoms with Crippen molar-refractivity contribution in [2.24, 2.45) is 0 Å². The first kappa shape index (κ1) is 19.3. The van der Waals surface area contributed by atoms with Crippen LogP contribution in [0, 0.1) is 0 Å². The van der Waals surface area contributed by atoms with Gasteiger partial charge < -0.3 is 14.8 Å². The molecule has 0 spiro atoms. The lowest BCUT2D eigenvalue weighted by atomic mass is 10.1. The highest BCUT2D eigenvalue weighted by Crippen LogP contribution is 2.28. The molecule has 1 N–H and O–H groups in total. The summed E-state index contributed by atoms with van der Waals surface area (Å²) in [5.41, 5.74) is 2.57. The monoisotopic (exact) mass is 335 g/mol. The summed E-state index contributed by atoms with van der Waals surface area (Å²) in [7, 11) is 0. The van der Waals surface area contributed by atoms with Crippen molar-refractivity contribution in [3.05, 3.63) is 59.7 Å². The molecule has 0 aliphatic heterocycles. The maximum atomic E-state index is 5.65. The van der Waals surface area contributed by atoms with E-state index >= 15 is 0 Å². The molecule has 0 fully saturated rings. The standard InChI is InChI=1S/C19H25NO2.ClH/c1-3-21-18-11-10-17(14-19(18)22-4-2)15-20-13-12-16-8-6-5-7-9-16;/h5-11,14,20H,3-4,12-13,15H2,1-2H3;1H. The van der Waals surface area contributed by atoms with E-state index in [0.717, 1.165) is 31.0 Å². The SMILES string of the molecule is CCOc1ccc(CNCCc2ccccc2)cc1OCC.Cl. The van der Waals surface area contributed by atoms with Crippen LogP contribution in [0.5, 0.6) is 11.5 Å². The van der Waals surface area contributed by atoms with Gasteiger partial charge in [-0.3, -0.25) is 0 Å². The van der Waals surface area contributed by atoms with Crippen LogP contribution < -0.4 is 14.8 Å². The van der Waals surface area contributed by atoms with E-state index in [2.05, 4.69) is 41.7 Å². The van der Waals surface area contributed by atoms with Crippen LogP contribution in [0.15, 0.2) is 48.5 Å². The molecule has 3 nitrogen and oxygen atoms in total. The van der Waals surface area contributed by atoms with Gasteiger partial charge in [0, 0.05) is 6.54 Å². The molecule has 23 heavy (non-hydrogen) atoms. The average Bonchev–Trinajstić information content (AvgIpc) is 2.55. The molecule has 2 aromatic carbocycles. The maximum absolute atomic E-state index is 5.65. The first-order valence-electron chi connectivity index (χ1n) is 7.96. The Morgan fingerprint density at radius 1 is 0.826 bits per heavy atom. The van der Waals surface area contributed by atoms with Crippen molar-refractivity contribution in [2.75, 3.05) is 19.8 Å². The maximum Gasteiger partial charge on any atom is 0.161 e. The fourth-order valence-corrected chi connectivity index (χ4v) is 2.32. The number of benzene rings is 2. The van der Waals surface area contributed by atoms with E-state index in [0.29, 0.717) is 13.2 Å². The van der Waals surface area contributed by atoms with Gasteiger partial charge in [-0.25, -0.2) is 0 Å². The van der Waals surface area contributed by atoms with E-state index in [1.54, 1.807) is 0 Å². The van der Waals surface area contributed by atoms with E-state index in [1.165, 1.54) is 11.1 Å². The first-order chi connectivity index (χ1) is 10.8. The minimum atomic E-state index is 0. The largest absolute Gasteiger partial charge is 0.490 e. The number of nitrogens with one attached hydrogen (secondary N) is 1. The van der Waals surface area contributed by atoms with Crippen LogP contribution in [0.2, 0.25) is 0 Å². The molecule has 2 aromatic rings. The third-order valence-electron chi connectivity index (χ3n) is 3.37. The van der Waals surface area contributed by atoms with E-state index in [-0.39, 0.29) is 12.4 Å². The second kappa shape index (κ2) is 10.9. The van der Waals surface area contributed by atoms with E-state index in [9.17, 15) is 0 Å². The third-order valence-corrected chi connectivity index (χ3v) is 3.37. The fraction of sp³-hybridized carbons (Fsp3) is 0.368. The van der Waals surface area contributed by atoms with Crippen LogP contribution in [0.4, 0.5) is 0 Å². The molecule has 0 aliphatic carbocycles. The molecule has 0 amide bonds. The minimum Gasteiger partial charge on any atom is -0.490 e. The molecular weight excluding hydrogens is 310 g/mol. The van der Waals surface area contributed by atoms with Gasteiger partial charge in [0.25, 0.3) is 0 Å². The fourth-order valence-electron chi connectivity index (χ4n) is 2.32. The van der Waals surface area contributed by atoms with Crippen molar-refractivity contribution in [3.63, 3.8) is 0 Å². The third kappa shape index (κ3) is 6.51. The Morgan fingerprint density at radius 3 is 2.22 bits per heavy atom. The molecule has 0 unspecified atom stereocenters. The van der Waals surface area contributed by atoms with E-state index < -0.39 is 0 Å². The van der Waals surface area contributed by atoms with Crippen molar-refractivity contribution in [3.8, 4) is 11.5 Å². The Bertz CT molecular complexity index is 561. The van der Waals surface area contributed by atoms with Gasteiger partial charge in [0.1, 0.15) is 0 Å². The van der Waals surface area contributed by atoms with E-state index in [4.69, 9.17) is 9.47 Å². The van der Waals surface area contributed by atoms with Gasteiger partial charge in [0.2, 0.25) is 0 Å². The molecule has 0 heterocycles. The second-order valence-corrected chi connectivity index (χ2v) is 5.06. The number of hydrogen-bond acceptors (Lipinski definition) is 3. The molecule has 0 atom stereocenters. The van der Waals surface area contributed by atoms with E-state index in [1.807, 2.05) is 26.0 Å². The molecule has 4 heteroatoms. The molecule has 0 bridgehead atoms. The Labute approximate surface area is 145 Å². The Balaban J connectivity index is 0.00000264. The lowest BCUT2D eigenvalue weighted by molar-refractivity contribution is 0.287. The van der Waals surface area contributed by atoms with Gasteiger partial charge in [-0.2, -0.15) is 0 Å². The predicted molar refractivity (Wildman–Crippen MR) is 97.9 cm³/mol. The highest BCUT2D eigenvalue weighted by molar-refractivity contribution is 5.85. The Hall–Kier alpha value is -1.71. The van der Waals surface area contributed by atoms with Crippen molar-refractivity contribution in [2.45, 2.75) is 26.8 Å². The van der Waals surface area contributed by atoms with Crippen LogP contribution in [0.25, 0.3) is 0 Å².